The number of benzene rings is 2. The van der Waals surface area contributed by atoms with Crippen LogP contribution >= 0.6 is 0 Å². The highest BCUT2D eigenvalue weighted by molar-refractivity contribution is 5.94. The number of amides is 5. The summed E-state index contributed by atoms with van der Waals surface area (Å²) in [5.41, 5.74) is 14.2. The Balaban J connectivity index is 2.34. The molecule has 16 heteroatoms. The van der Waals surface area contributed by atoms with Gasteiger partial charge >= 0.3 is 18.0 Å². The molecule has 0 radical (unpaired) electrons. The molecule has 230 valence electrons. The number of rotatable bonds is 17. The zero-order valence-corrected chi connectivity index (χ0v) is 23.4. The number of hydrogen-bond donors (Lipinski definition) is 6. The van der Waals surface area contributed by atoms with Crippen molar-refractivity contribution in [1.29, 1.82) is 0 Å². The molecule has 2 aromatic carbocycles. The molecule has 0 fully saturated rings. The van der Waals surface area contributed by atoms with Crippen molar-refractivity contribution < 1.29 is 38.6 Å². The zero-order valence-electron chi connectivity index (χ0n) is 23.4. The van der Waals surface area contributed by atoms with E-state index in [9.17, 15) is 33.9 Å². The molecule has 0 aliphatic heterocycles. The molecular weight excluding hydrogens is 564 g/mol. The number of azide groups is 1. The Morgan fingerprint density at radius 1 is 0.953 bits per heavy atom. The van der Waals surface area contributed by atoms with Gasteiger partial charge in [-0.3, -0.25) is 19.2 Å². The maximum absolute atomic E-state index is 13.5. The third kappa shape index (κ3) is 11.6. The Hall–Kier alpha value is -5.37. The normalized spacial score (nSPS) is 12.5. The lowest BCUT2D eigenvalue weighted by molar-refractivity contribution is -0.142. The minimum absolute atomic E-state index is 0.0481. The molecule has 0 unspecified atom stereocenters. The number of nitrogens with two attached hydrogens (primary N) is 1. The Morgan fingerprint density at radius 2 is 1.63 bits per heavy atom. The number of methoxy groups -OCH3 is 1. The fourth-order valence-corrected chi connectivity index (χ4v) is 4.19. The van der Waals surface area contributed by atoms with Gasteiger partial charge in [-0.05, 0) is 41.1 Å². The Labute approximate surface area is 246 Å². The fourth-order valence-electron chi connectivity index (χ4n) is 4.19. The molecule has 0 saturated heterocycles. The van der Waals surface area contributed by atoms with Crippen molar-refractivity contribution >= 4 is 46.5 Å². The quantitative estimate of drug-likeness (QED) is 0.0494. The van der Waals surface area contributed by atoms with Gasteiger partial charge in [0.1, 0.15) is 24.7 Å². The molecule has 16 nitrogen and oxygen atoms in total. The van der Waals surface area contributed by atoms with Gasteiger partial charge in [0.15, 0.2) is 0 Å². The predicted octanol–water partition coefficient (Wildman–Crippen LogP) is 0.633. The second-order valence-corrected chi connectivity index (χ2v) is 9.36. The van der Waals surface area contributed by atoms with Crippen molar-refractivity contribution in [2.75, 3.05) is 20.2 Å². The summed E-state index contributed by atoms with van der Waals surface area (Å²) in [7, 11) is 1.16. The standard InChI is InChI=1S/C27H34N8O8/c1-43-23(37)12-11-19(32-22(36)15-31-35-29)24(38)34-21(14-17-8-4-7-16-6-2-3-9-18(16)17)25(39)33-20(26(40)41)10-5-13-30-27(28)42/h2-4,6-9,19-21H,5,10-15H2,1H3,(H,32,36)(H,33,39)(H,34,38)(H,40,41)(H3,28,30,42)/t19-,20-,21-/m0/s1. The average Bonchev–Trinajstić information content (AvgIpc) is 2.98. The highest BCUT2D eigenvalue weighted by Crippen LogP contribution is 2.20. The number of carbonyl (C=O) groups excluding carboxylic acids is 5. The fraction of sp³-hybridized carbons (Fsp3) is 0.407. The van der Waals surface area contributed by atoms with E-state index in [1.807, 2.05) is 30.3 Å². The van der Waals surface area contributed by atoms with E-state index in [0.29, 0.717) is 5.56 Å². The van der Waals surface area contributed by atoms with Crippen molar-refractivity contribution in [3.63, 3.8) is 0 Å². The maximum Gasteiger partial charge on any atom is 0.326 e. The summed E-state index contributed by atoms with van der Waals surface area (Å²) in [5, 5.41) is 24.2. The lowest BCUT2D eigenvalue weighted by atomic mass is 9.97. The van der Waals surface area contributed by atoms with Crippen LogP contribution in [0.15, 0.2) is 47.6 Å². The van der Waals surface area contributed by atoms with Crippen LogP contribution < -0.4 is 27.0 Å². The summed E-state index contributed by atoms with van der Waals surface area (Å²) >= 11 is 0. The van der Waals surface area contributed by atoms with E-state index in [-0.39, 0.29) is 38.6 Å². The maximum atomic E-state index is 13.5. The molecule has 0 aliphatic rings. The molecule has 0 saturated carbocycles. The molecule has 2 aromatic rings. The van der Waals surface area contributed by atoms with Gasteiger partial charge in [-0.1, -0.05) is 47.6 Å². The summed E-state index contributed by atoms with van der Waals surface area (Å²) in [6, 6.07) is 8.00. The summed E-state index contributed by atoms with van der Waals surface area (Å²) in [5.74, 6) is -4.43. The van der Waals surface area contributed by atoms with Crippen LogP contribution in [0.25, 0.3) is 21.2 Å². The largest absolute Gasteiger partial charge is 0.480 e. The van der Waals surface area contributed by atoms with Crippen molar-refractivity contribution in [3.05, 3.63) is 58.5 Å². The highest BCUT2D eigenvalue weighted by Gasteiger charge is 2.30. The van der Waals surface area contributed by atoms with Crippen LogP contribution in [0, 0.1) is 0 Å². The summed E-state index contributed by atoms with van der Waals surface area (Å²) in [6.07, 6.45) is -0.365. The average molecular weight is 599 g/mol. The molecule has 0 aliphatic carbocycles. The van der Waals surface area contributed by atoms with Crippen LogP contribution in [0.2, 0.25) is 0 Å². The van der Waals surface area contributed by atoms with Crippen LogP contribution in [0.5, 0.6) is 0 Å². The predicted molar refractivity (Wildman–Crippen MR) is 153 cm³/mol. The number of carbonyl (C=O) groups is 6. The SMILES string of the molecule is COC(=O)CC[C@H](NC(=O)CN=[N+]=[N-])C(=O)N[C@@H](Cc1cccc2ccccc12)C(=O)N[C@@H](CCCNC(N)=O)C(=O)O. The first-order valence-electron chi connectivity index (χ1n) is 13.3. The van der Waals surface area contributed by atoms with E-state index in [1.165, 1.54) is 0 Å². The van der Waals surface area contributed by atoms with Gasteiger partial charge in [-0.2, -0.15) is 0 Å². The lowest BCUT2D eigenvalue weighted by Gasteiger charge is -2.25. The number of primary amides is 1. The summed E-state index contributed by atoms with van der Waals surface area (Å²) in [4.78, 5) is 76.1. The minimum atomic E-state index is -1.35. The summed E-state index contributed by atoms with van der Waals surface area (Å²) in [6.45, 7) is -0.522. The van der Waals surface area contributed by atoms with Gasteiger partial charge in [0.25, 0.3) is 0 Å². The van der Waals surface area contributed by atoms with E-state index in [0.717, 1.165) is 17.9 Å². The summed E-state index contributed by atoms with van der Waals surface area (Å²) < 4.78 is 4.61. The van der Waals surface area contributed by atoms with Crippen molar-refractivity contribution in [2.45, 2.75) is 50.2 Å². The second-order valence-electron chi connectivity index (χ2n) is 9.36. The molecule has 0 aromatic heterocycles. The zero-order chi connectivity index (χ0) is 31.8. The van der Waals surface area contributed by atoms with Crippen LogP contribution in [-0.2, 0) is 35.1 Å². The molecule has 43 heavy (non-hydrogen) atoms. The first-order valence-corrected chi connectivity index (χ1v) is 13.3. The number of esters is 1. The molecule has 2 rings (SSSR count). The highest BCUT2D eigenvalue weighted by atomic mass is 16.5. The van der Waals surface area contributed by atoms with Crippen LogP contribution in [-0.4, -0.2) is 79.1 Å². The number of ether oxygens (including phenoxy) is 1. The Bertz CT molecular complexity index is 1370. The lowest BCUT2D eigenvalue weighted by Crippen LogP contribution is -2.56. The Kier molecular flexibility index (Phi) is 13.7. The van der Waals surface area contributed by atoms with Crippen LogP contribution in [0.4, 0.5) is 4.79 Å². The van der Waals surface area contributed by atoms with E-state index in [4.69, 9.17) is 11.3 Å². The third-order valence-electron chi connectivity index (χ3n) is 6.31. The van der Waals surface area contributed by atoms with Gasteiger partial charge < -0.3 is 36.8 Å². The van der Waals surface area contributed by atoms with Gasteiger partial charge in [-0.15, -0.1) is 0 Å². The van der Waals surface area contributed by atoms with Crippen molar-refractivity contribution in [1.82, 2.24) is 21.3 Å². The number of carboxylic acid groups (broad SMARTS) is 1. The van der Waals surface area contributed by atoms with Crippen molar-refractivity contribution in [3.8, 4) is 0 Å². The van der Waals surface area contributed by atoms with Gasteiger partial charge in [0.05, 0.1) is 7.11 Å². The van der Waals surface area contributed by atoms with E-state index >= 15 is 0 Å². The van der Waals surface area contributed by atoms with Crippen molar-refractivity contribution in [2.24, 2.45) is 10.8 Å². The van der Waals surface area contributed by atoms with Crippen LogP contribution in [0.1, 0.15) is 31.2 Å². The number of fused-ring (bicyclic) bond motifs is 1. The van der Waals surface area contributed by atoms with Gasteiger partial charge in [0.2, 0.25) is 17.7 Å². The number of urea groups is 1. The smallest absolute Gasteiger partial charge is 0.326 e. The van der Waals surface area contributed by atoms with Gasteiger partial charge in [0, 0.05) is 24.3 Å². The number of nitrogens with one attached hydrogen (secondary N) is 4. The Morgan fingerprint density at radius 3 is 2.30 bits per heavy atom. The van der Waals surface area contributed by atoms with E-state index < -0.39 is 60.4 Å². The third-order valence-corrected chi connectivity index (χ3v) is 6.31. The molecule has 0 spiro atoms. The molecule has 3 atom stereocenters. The second kappa shape index (κ2) is 17.4. The monoisotopic (exact) mass is 598 g/mol. The number of carboxylic acids is 1. The van der Waals surface area contributed by atoms with E-state index in [2.05, 4.69) is 36.0 Å². The first kappa shape index (κ1) is 33.8. The van der Waals surface area contributed by atoms with Gasteiger partial charge in [-0.25, -0.2) is 9.59 Å². The minimum Gasteiger partial charge on any atom is -0.480 e. The molecule has 7 N–H and O–H groups in total. The molecular formula is C27H34N8O8. The number of aliphatic carboxylic acids is 1. The van der Waals surface area contributed by atoms with Crippen LogP contribution in [0.3, 0.4) is 0 Å². The number of hydrogen-bond acceptors (Lipinski definition) is 8. The molecule has 5 amide bonds. The first-order chi connectivity index (χ1) is 20.5. The number of nitrogens with zero attached hydrogens (tertiary/aromatic N) is 3. The topological polar surface area (TPSA) is 255 Å². The molecule has 0 bridgehead atoms. The molecule has 0 heterocycles. The van der Waals surface area contributed by atoms with E-state index in [1.54, 1.807) is 12.1 Å².